The quantitative estimate of drug-likeness (QED) is 0.858. The first kappa shape index (κ1) is 15.8. The molecule has 0 amide bonds. The van der Waals surface area contributed by atoms with Gasteiger partial charge in [-0.3, -0.25) is 0 Å². The van der Waals surface area contributed by atoms with Crippen LogP contribution < -0.4 is 5.32 Å². The van der Waals surface area contributed by atoms with Crippen molar-refractivity contribution in [2.75, 3.05) is 13.7 Å². The zero-order valence-corrected chi connectivity index (χ0v) is 13.5. The molecule has 0 heterocycles. The third-order valence-electron chi connectivity index (χ3n) is 4.58. The Morgan fingerprint density at radius 2 is 2.00 bits per heavy atom. The summed E-state index contributed by atoms with van der Waals surface area (Å²) in [5, 5.41) is 4.28. The predicted octanol–water partition coefficient (Wildman–Crippen LogP) is 4.59. The SMILES string of the molecule is CCOC1(C(NC)c2ccccc2Cl)CCC(C)CC1. The highest BCUT2D eigenvalue weighted by molar-refractivity contribution is 6.31. The van der Waals surface area contributed by atoms with E-state index in [-0.39, 0.29) is 11.6 Å². The van der Waals surface area contributed by atoms with Crippen LogP contribution in [0.15, 0.2) is 24.3 Å². The molecule has 1 unspecified atom stereocenters. The molecule has 0 aliphatic heterocycles. The summed E-state index contributed by atoms with van der Waals surface area (Å²) in [6.45, 7) is 5.16. The fourth-order valence-corrected chi connectivity index (χ4v) is 3.71. The van der Waals surface area contributed by atoms with E-state index in [9.17, 15) is 0 Å². The highest BCUT2D eigenvalue weighted by Crippen LogP contribution is 2.44. The minimum atomic E-state index is -0.124. The van der Waals surface area contributed by atoms with Crippen LogP contribution in [0.4, 0.5) is 0 Å². The molecule has 1 aliphatic carbocycles. The van der Waals surface area contributed by atoms with Gasteiger partial charge in [-0.2, -0.15) is 0 Å². The smallest absolute Gasteiger partial charge is 0.0876 e. The number of ether oxygens (including phenoxy) is 1. The normalized spacial score (nSPS) is 28.3. The number of halogens is 1. The van der Waals surface area contributed by atoms with Crippen LogP contribution >= 0.6 is 11.6 Å². The molecule has 112 valence electrons. The second kappa shape index (κ2) is 6.93. The average molecular weight is 296 g/mol. The molecular formula is C17H26ClNO. The van der Waals surface area contributed by atoms with Gasteiger partial charge in [-0.15, -0.1) is 0 Å². The third kappa shape index (κ3) is 3.19. The van der Waals surface area contributed by atoms with Crippen molar-refractivity contribution in [1.82, 2.24) is 5.32 Å². The molecule has 1 aromatic carbocycles. The lowest BCUT2D eigenvalue weighted by Crippen LogP contribution is -2.47. The maximum Gasteiger partial charge on any atom is 0.0876 e. The summed E-state index contributed by atoms with van der Waals surface area (Å²) in [6, 6.07) is 8.27. The van der Waals surface area contributed by atoms with Gasteiger partial charge in [-0.25, -0.2) is 0 Å². The zero-order chi connectivity index (χ0) is 14.6. The molecule has 0 radical (unpaired) electrons. The molecule has 2 nitrogen and oxygen atoms in total. The Labute approximate surface area is 127 Å². The lowest BCUT2D eigenvalue weighted by Gasteiger charge is -2.45. The highest BCUT2D eigenvalue weighted by atomic mass is 35.5. The minimum Gasteiger partial charge on any atom is -0.373 e. The number of benzene rings is 1. The number of likely N-dealkylation sites (N-methyl/N-ethyl adjacent to an activating group) is 1. The van der Waals surface area contributed by atoms with E-state index >= 15 is 0 Å². The summed E-state index contributed by atoms with van der Waals surface area (Å²) < 4.78 is 6.26. The Kier molecular flexibility index (Phi) is 5.48. The van der Waals surface area contributed by atoms with E-state index < -0.39 is 0 Å². The monoisotopic (exact) mass is 295 g/mol. The average Bonchev–Trinajstić information content (AvgIpc) is 2.45. The van der Waals surface area contributed by atoms with Gasteiger partial charge in [-0.05, 0) is 57.2 Å². The van der Waals surface area contributed by atoms with Crippen molar-refractivity contribution in [3.05, 3.63) is 34.9 Å². The Morgan fingerprint density at radius 1 is 1.35 bits per heavy atom. The van der Waals surface area contributed by atoms with Gasteiger partial charge < -0.3 is 10.1 Å². The van der Waals surface area contributed by atoms with E-state index in [0.29, 0.717) is 0 Å². The summed E-state index contributed by atoms with van der Waals surface area (Å²) in [7, 11) is 2.01. The predicted molar refractivity (Wildman–Crippen MR) is 85.2 cm³/mol. The first-order valence-electron chi connectivity index (χ1n) is 7.68. The summed E-state index contributed by atoms with van der Waals surface area (Å²) in [6.07, 6.45) is 4.64. The summed E-state index contributed by atoms with van der Waals surface area (Å²) >= 11 is 6.41. The lowest BCUT2D eigenvalue weighted by atomic mass is 9.73. The Hall–Kier alpha value is -0.570. The van der Waals surface area contributed by atoms with Crippen molar-refractivity contribution in [3.8, 4) is 0 Å². The van der Waals surface area contributed by atoms with E-state index in [4.69, 9.17) is 16.3 Å². The van der Waals surface area contributed by atoms with E-state index in [1.807, 2.05) is 19.2 Å². The van der Waals surface area contributed by atoms with E-state index in [2.05, 4.69) is 31.3 Å². The Balaban J connectivity index is 2.33. The van der Waals surface area contributed by atoms with Gasteiger partial charge in [-0.1, -0.05) is 36.7 Å². The third-order valence-corrected chi connectivity index (χ3v) is 4.93. The second-order valence-electron chi connectivity index (χ2n) is 5.92. The molecule has 1 aromatic rings. The van der Waals surface area contributed by atoms with E-state index in [0.717, 1.165) is 36.0 Å². The minimum absolute atomic E-state index is 0.124. The first-order chi connectivity index (χ1) is 9.63. The van der Waals surface area contributed by atoms with Crippen molar-refractivity contribution >= 4 is 11.6 Å². The molecule has 1 N–H and O–H groups in total. The molecule has 1 fully saturated rings. The number of hydrogen-bond acceptors (Lipinski definition) is 2. The van der Waals surface area contributed by atoms with Crippen LogP contribution in [-0.4, -0.2) is 19.3 Å². The van der Waals surface area contributed by atoms with Gasteiger partial charge in [0.1, 0.15) is 0 Å². The lowest BCUT2D eigenvalue weighted by molar-refractivity contribution is -0.0962. The summed E-state index contributed by atoms with van der Waals surface area (Å²) in [4.78, 5) is 0. The zero-order valence-electron chi connectivity index (χ0n) is 12.8. The van der Waals surface area contributed by atoms with Gasteiger partial charge in [0.2, 0.25) is 0 Å². The van der Waals surface area contributed by atoms with Crippen LogP contribution in [0.25, 0.3) is 0 Å². The van der Waals surface area contributed by atoms with Gasteiger partial charge in [0, 0.05) is 11.6 Å². The standard InChI is InChI=1S/C17H26ClNO/c1-4-20-17(11-9-13(2)10-12-17)16(19-3)14-7-5-6-8-15(14)18/h5-8,13,16,19H,4,9-12H2,1-3H3. The molecular weight excluding hydrogens is 270 g/mol. The Morgan fingerprint density at radius 3 is 2.55 bits per heavy atom. The Bertz CT molecular complexity index is 427. The molecule has 1 saturated carbocycles. The van der Waals surface area contributed by atoms with Crippen LogP contribution in [0.2, 0.25) is 5.02 Å². The van der Waals surface area contributed by atoms with Crippen molar-refractivity contribution in [2.24, 2.45) is 5.92 Å². The molecule has 1 aliphatic rings. The number of nitrogens with one attached hydrogen (secondary N) is 1. The molecule has 0 saturated heterocycles. The fourth-order valence-electron chi connectivity index (χ4n) is 3.47. The summed E-state index contributed by atoms with van der Waals surface area (Å²) in [5.41, 5.74) is 1.03. The second-order valence-corrected chi connectivity index (χ2v) is 6.33. The van der Waals surface area contributed by atoms with Crippen molar-refractivity contribution < 1.29 is 4.74 Å². The summed E-state index contributed by atoms with van der Waals surface area (Å²) in [5.74, 6) is 0.798. The van der Waals surface area contributed by atoms with Crippen LogP contribution in [0.1, 0.15) is 51.1 Å². The largest absolute Gasteiger partial charge is 0.373 e. The van der Waals surface area contributed by atoms with Crippen molar-refractivity contribution in [3.63, 3.8) is 0 Å². The number of hydrogen-bond donors (Lipinski definition) is 1. The maximum atomic E-state index is 6.41. The topological polar surface area (TPSA) is 21.3 Å². The number of rotatable bonds is 5. The van der Waals surface area contributed by atoms with E-state index in [1.165, 1.54) is 12.8 Å². The fraction of sp³-hybridized carbons (Fsp3) is 0.647. The van der Waals surface area contributed by atoms with Crippen molar-refractivity contribution in [1.29, 1.82) is 0 Å². The van der Waals surface area contributed by atoms with Gasteiger partial charge in [0.25, 0.3) is 0 Å². The van der Waals surface area contributed by atoms with Crippen LogP contribution in [-0.2, 0) is 4.74 Å². The van der Waals surface area contributed by atoms with Gasteiger partial charge in [0.05, 0.1) is 11.6 Å². The van der Waals surface area contributed by atoms with Gasteiger partial charge in [0.15, 0.2) is 0 Å². The van der Waals surface area contributed by atoms with Gasteiger partial charge >= 0.3 is 0 Å². The maximum absolute atomic E-state index is 6.41. The molecule has 0 spiro atoms. The molecule has 20 heavy (non-hydrogen) atoms. The molecule has 1 atom stereocenters. The molecule has 0 bridgehead atoms. The van der Waals surface area contributed by atoms with Crippen LogP contribution in [0.3, 0.4) is 0 Å². The highest BCUT2D eigenvalue weighted by Gasteiger charge is 2.42. The van der Waals surface area contributed by atoms with Crippen molar-refractivity contribution in [2.45, 2.75) is 51.2 Å². The van der Waals surface area contributed by atoms with E-state index in [1.54, 1.807) is 0 Å². The molecule has 3 heteroatoms. The molecule has 0 aromatic heterocycles. The molecule has 2 rings (SSSR count). The first-order valence-corrected chi connectivity index (χ1v) is 8.06. The van der Waals surface area contributed by atoms with Crippen LogP contribution in [0.5, 0.6) is 0 Å². The van der Waals surface area contributed by atoms with Crippen LogP contribution in [0, 0.1) is 5.92 Å².